The molecule has 2 fully saturated rings. The predicted molar refractivity (Wildman–Crippen MR) is 146 cm³/mol. The van der Waals surface area contributed by atoms with Crippen LogP contribution in [-0.2, 0) is 16.8 Å². The van der Waals surface area contributed by atoms with Gasteiger partial charge in [0.25, 0.3) is 5.91 Å². The van der Waals surface area contributed by atoms with Crippen molar-refractivity contribution >= 4 is 33.1 Å². The zero-order valence-corrected chi connectivity index (χ0v) is 22.8. The Morgan fingerprint density at radius 3 is 2.41 bits per heavy atom. The molecule has 2 aliphatic rings. The minimum atomic E-state index is -3.88. The third-order valence-electron chi connectivity index (χ3n) is 6.49. The second-order valence-electron chi connectivity index (χ2n) is 8.84. The standard InChI is InChI=1S/C23H26FN7O5S.C2H6/c1-28-10-11-31(37(28,35)36)18-12-17(29-8-6-25-7-9-29)14-30-21(18)27-19(20(32)23(30)34)22(33)26-13-15-2-4-16(24)5-3-15;1-2/h2-5,12,14,25,32H,6-11,13H2,1H3,(H,26,33);1-2H3. The number of nitrogens with zero attached hydrogens (tertiary/aromatic N) is 5. The van der Waals surface area contributed by atoms with Crippen LogP contribution in [0.5, 0.6) is 5.75 Å². The molecule has 2 aromatic heterocycles. The number of aromatic nitrogens is 2. The van der Waals surface area contributed by atoms with Crippen LogP contribution in [0.2, 0.25) is 0 Å². The molecule has 1 aromatic carbocycles. The molecule has 12 nitrogen and oxygen atoms in total. The van der Waals surface area contributed by atoms with Gasteiger partial charge in [0, 0.05) is 59.1 Å². The molecule has 0 atom stereocenters. The second kappa shape index (κ2) is 11.6. The summed E-state index contributed by atoms with van der Waals surface area (Å²) >= 11 is 0. The van der Waals surface area contributed by atoms with Gasteiger partial charge < -0.3 is 20.6 Å². The van der Waals surface area contributed by atoms with E-state index in [-0.39, 0.29) is 31.0 Å². The monoisotopic (exact) mass is 561 g/mol. The van der Waals surface area contributed by atoms with E-state index < -0.39 is 38.9 Å². The van der Waals surface area contributed by atoms with E-state index in [1.807, 2.05) is 18.7 Å². The molecule has 5 rings (SSSR count). The smallest absolute Gasteiger partial charge is 0.304 e. The number of rotatable bonds is 5. The Labute approximate surface area is 225 Å². The van der Waals surface area contributed by atoms with Crippen molar-refractivity contribution in [2.24, 2.45) is 0 Å². The van der Waals surface area contributed by atoms with Gasteiger partial charge in [-0.2, -0.15) is 12.7 Å². The number of hydrogen-bond acceptors (Lipinski definition) is 8. The molecular formula is C25H32FN7O5S. The maximum absolute atomic E-state index is 13.2. The highest BCUT2D eigenvalue weighted by molar-refractivity contribution is 7.90. The molecule has 14 heteroatoms. The molecule has 210 valence electrons. The molecule has 2 aliphatic heterocycles. The maximum atomic E-state index is 13.2. The summed E-state index contributed by atoms with van der Waals surface area (Å²) in [5.41, 5.74) is -0.198. The van der Waals surface area contributed by atoms with Crippen LogP contribution < -0.4 is 25.4 Å². The number of hydrogen-bond donors (Lipinski definition) is 3. The summed E-state index contributed by atoms with van der Waals surface area (Å²) in [4.78, 5) is 32.4. The Kier molecular flexibility index (Phi) is 8.37. The van der Waals surface area contributed by atoms with Crippen molar-refractivity contribution in [3.8, 4) is 5.75 Å². The molecule has 0 saturated carbocycles. The van der Waals surface area contributed by atoms with Gasteiger partial charge >= 0.3 is 15.8 Å². The van der Waals surface area contributed by atoms with E-state index in [9.17, 15) is 27.5 Å². The highest BCUT2D eigenvalue weighted by Crippen LogP contribution is 2.32. The molecule has 1 amide bonds. The lowest BCUT2D eigenvalue weighted by atomic mass is 10.2. The first-order valence-electron chi connectivity index (χ1n) is 12.7. The van der Waals surface area contributed by atoms with Gasteiger partial charge in [0.2, 0.25) is 5.75 Å². The number of carbonyl (C=O) groups is 1. The summed E-state index contributed by atoms with van der Waals surface area (Å²) in [5.74, 6) is -2.12. The molecule has 39 heavy (non-hydrogen) atoms. The largest absolute Gasteiger partial charge is 0.501 e. The Morgan fingerprint density at radius 2 is 1.79 bits per heavy atom. The van der Waals surface area contributed by atoms with Gasteiger partial charge in [0.05, 0.1) is 11.4 Å². The number of pyridine rings is 1. The number of halogens is 1. The minimum Gasteiger partial charge on any atom is -0.501 e. The zero-order chi connectivity index (χ0) is 28.3. The van der Waals surface area contributed by atoms with Gasteiger partial charge in [0.1, 0.15) is 5.82 Å². The van der Waals surface area contributed by atoms with Crippen LogP contribution in [0.1, 0.15) is 29.9 Å². The summed E-state index contributed by atoms with van der Waals surface area (Å²) in [7, 11) is -2.42. The predicted octanol–water partition coefficient (Wildman–Crippen LogP) is 0.902. The first-order valence-corrected chi connectivity index (χ1v) is 14.1. The highest BCUT2D eigenvalue weighted by atomic mass is 32.2. The van der Waals surface area contributed by atoms with Gasteiger partial charge in [-0.25, -0.2) is 9.37 Å². The lowest BCUT2D eigenvalue weighted by Crippen LogP contribution is -2.44. The Balaban J connectivity index is 0.00000172. The van der Waals surface area contributed by atoms with E-state index >= 15 is 0 Å². The van der Waals surface area contributed by atoms with Gasteiger partial charge in [0.15, 0.2) is 11.3 Å². The van der Waals surface area contributed by atoms with Crippen molar-refractivity contribution in [1.29, 1.82) is 0 Å². The van der Waals surface area contributed by atoms with Gasteiger partial charge in [-0.05, 0) is 23.8 Å². The molecular weight excluding hydrogens is 529 g/mol. The van der Waals surface area contributed by atoms with Crippen LogP contribution in [-0.4, -0.2) is 79.4 Å². The van der Waals surface area contributed by atoms with Crippen LogP contribution in [0.15, 0.2) is 41.3 Å². The number of piperazine rings is 1. The fraction of sp³-hybridized carbons (Fsp3) is 0.400. The number of carbonyl (C=O) groups excluding carboxylic acids is 1. The number of amides is 1. The minimum absolute atomic E-state index is 0.000304. The van der Waals surface area contributed by atoms with Crippen molar-refractivity contribution in [2.45, 2.75) is 20.4 Å². The Hall–Kier alpha value is -3.75. The quantitative estimate of drug-likeness (QED) is 0.418. The van der Waals surface area contributed by atoms with E-state index in [2.05, 4.69) is 15.6 Å². The first kappa shape index (κ1) is 28.3. The van der Waals surface area contributed by atoms with Crippen molar-refractivity contribution in [3.05, 3.63) is 64.0 Å². The van der Waals surface area contributed by atoms with Crippen molar-refractivity contribution in [1.82, 2.24) is 24.3 Å². The topological polar surface area (TPSA) is 140 Å². The van der Waals surface area contributed by atoms with Crippen LogP contribution in [0.25, 0.3) is 5.65 Å². The van der Waals surface area contributed by atoms with Gasteiger partial charge in [-0.15, -0.1) is 0 Å². The number of likely N-dealkylation sites (N-methyl/N-ethyl adjacent to an activating group) is 1. The molecule has 0 spiro atoms. The summed E-state index contributed by atoms with van der Waals surface area (Å²) in [6.45, 7) is 7.06. The number of anilines is 2. The van der Waals surface area contributed by atoms with E-state index in [1.54, 1.807) is 6.07 Å². The van der Waals surface area contributed by atoms with E-state index in [4.69, 9.17) is 0 Å². The molecule has 0 radical (unpaired) electrons. The van der Waals surface area contributed by atoms with Crippen LogP contribution in [0.4, 0.5) is 15.8 Å². The Bertz CT molecular complexity index is 1520. The maximum Gasteiger partial charge on any atom is 0.304 e. The summed E-state index contributed by atoms with van der Waals surface area (Å²) in [6, 6.07) is 7.11. The molecule has 0 aliphatic carbocycles. The lowest BCUT2D eigenvalue weighted by molar-refractivity contribution is 0.0942. The van der Waals surface area contributed by atoms with Crippen molar-refractivity contribution in [2.75, 3.05) is 55.5 Å². The Morgan fingerprint density at radius 1 is 1.13 bits per heavy atom. The molecule has 0 unspecified atom stereocenters. The summed E-state index contributed by atoms with van der Waals surface area (Å²) in [5, 5.41) is 16.4. The second-order valence-corrected chi connectivity index (χ2v) is 10.8. The van der Waals surface area contributed by atoms with Gasteiger partial charge in [-0.3, -0.25) is 18.3 Å². The number of nitrogens with one attached hydrogen (secondary N) is 2. The highest BCUT2D eigenvalue weighted by Gasteiger charge is 2.36. The van der Waals surface area contributed by atoms with E-state index in [0.717, 1.165) is 8.71 Å². The van der Waals surface area contributed by atoms with E-state index in [1.165, 1.54) is 41.8 Å². The summed E-state index contributed by atoms with van der Waals surface area (Å²) in [6.07, 6.45) is 1.49. The van der Waals surface area contributed by atoms with Crippen molar-refractivity contribution < 1.29 is 22.7 Å². The normalized spacial score (nSPS) is 17.1. The number of benzene rings is 1. The van der Waals surface area contributed by atoms with Crippen LogP contribution in [0.3, 0.4) is 0 Å². The molecule has 4 heterocycles. The van der Waals surface area contributed by atoms with Crippen LogP contribution in [0, 0.1) is 5.82 Å². The number of fused-ring (bicyclic) bond motifs is 1. The SMILES string of the molecule is CC.CN1CCN(c2cc(N3CCNCC3)cn3c(=O)c(O)c(C(=O)NCc4ccc(F)cc4)nc23)S1(=O)=O. The average molecular weight is 562 g/mol. The van der Waals surface area contributed by atoms with Crippen LogP contribution >= 0.6 is 0 Å². The first-order chi connectivity index (χ1) is 18.7. The van der Waals surface area contributed by atoms with Gasteiger partial charge in [-0.1, -0.05) is 26.0 Å². The number of aromatic hydroxyl groups is 1. The fourth-order valence-corrected chi connectivity index (χ4v) is 5.72. The third-order valence-corrected chi connectivity index (χ3v) is 8.40. The van der Waals surface area contributed by atoms with Crippen molar-refractivity contribution in [3.63, 3.8) is 0 Å². The fourth-order valence-electron chi connectivity index (χ4n) is 4.38. The molecule has 2 saturated heterocycles. The average Bonchev–Trinajstić information content (AvgIpc) is 3.22. The third kappa shape index (κ3) is 5.53. The summed E-state index contributed by atoms with van der Waals surface area (Å²) < 4.78 is 42.7. The lowest BCUT2D eigenvalue weighted by Gasteiger charge is -2.30. The molecule has 0 bridgehead atoms. The molecule has 3 aromatic rings. The van der Waals surface area contributed by atoms with E-state index in [0.29, 0.717) is 37.4 Å². The molecule has 3 N–H and O–H groups in total. The zero-order valence-electron chi connectivity index (χ0n) is 22.0.